The van der Waals surface area contributed by atoms with E-state index in [0.29, 0.717) is 0 Å². The Bertz CT molecular complexity index is 731. The van der Waals surface area contributed by atoms with Crippen molar-refractivity contribution in [2.75, 3.05) is 0 Å². The number of non-ortho nitro benzene ring substituents is 1. The molecule has 0 saturated carbocycles. The smallest absolute Gasteiger partial charge is 0.270 e. The van der Waals surface area contributed by atoms with Crippen molar-refractivity contribution in [1.82, 2.24) is 0 Å². The maximum absolute atomic E-state index is 13.1. The van der Waals surface area contributed by atoms with Crippen LogP contribution >= 0.6 is 0 Å². The zero-order valence-electron chi connectivity index (χ0n) is 10.8. The molecule has 0 aromatic heterocycles. The van der Waals surface area contributed by atoms with Crippen LogP contribution in [0.3, 0.4) is 0 Å². The molecule has 0 heterocycles. The van der Waals surface area contributed by atoms with Crippen LogP contribution in [-0.4, -0.2) is 10.7 Å². The fraction of sp³-hybridized carbons (Fsp3) is 0.0714. The molecule has 0 radical (unpaired) electrons. The number of carbonyl (C=O) groups excluding carboxylic acids is 1. The van der Waals surface area contributed by atoms with Crippen LogP contribution in [0.25, 0.3) is 0 Å². The van der Waals surface area contributed by atoms with Crippen LogP contribution in [0.15, 0.2) is 36.4 Å². The highest BCUT2D eigenvalue weighted by molar-refractivity contribution is 5.97. The van der Waals surface area contributed by atoms with Gasteiger partial charge in [0.2, 0.25) is 0 Å². The number of halogens is 2. The number of hydrogen-bond acceptors (Lipinski definition) is 4. The fourth-order valence-electron chi connectivity index (χ4n) is 1.66. The van der Waals surface area contributed by atoms with Crippen LogP contribution in [0.1, 0.15) is 17.3 Å². The van der Waals surface area contributed by atoms with Gasteiger partial charge in [-0.05, 0) is 25.1 Å². The summed E-state index contributed by atoms with van der Waals surface area (Å²) in [7, 11) is 0. The summed E-state index contributed by atoms with van der Waals surface area (Å²) in [4.78, 5) is 21.6. The Hall–Kier alpha value is -2.83. The Kier molecular flexibility index (Phi) is 3.93. The zero-order valence-corrected chi connectivity index (χ0v) is 10.8. The number of rotatable bonds is 4. The van der Waals surface area contributed by atoms with E-state index in [4.69, 9.17) is 4.74 Å². The molecule has 7 heteroatoms. The van der Waals surface area contributed by atoms with Crippen LogP contribution in [-0.2, 0) is 0 Å². The minimum atomic E-state index is -1.10. The number of carbonyl (C=O) groups is 1. The summed E-state index contributed by atoms with van der Waals surface area (Å²) in [6, 6.07) is 6.34. The number of benzene rings is 2. The summed E-state index contributed by atoms with van der Waals surface area (Å²) in [5, 5.41) is 10.7. The zero-order chi connectivity index (χ0) is 15.6. The van der Waals surface area contributed by atoms with Crippen LogP contribution in [0.2, 0.25) is 0 Å². The Morgan fingerprint density at radius 1 is 1.14 bits per heavy atom. The SMILES string of the molecule is CC(=O)c1cc([N+](=O)[O-])ccc1Oc1ccc(F)c(F)c1. The minimum absolute atomic E-state index is 0.0195. The highest BCUT2D eigenvalue weighted by Gasteiger charge is 2.16. The molecular formula is C14H9F2NO4. The first-order chi connectivity index (χ1) is 9.88. The minimum Gasteiger partial charge on any atom is -0.456 e. The van der Waals surface area contributed by atoms with Crippen molar-refractivity contribution in [3.05, 3.63) is 63.7 Å². The van der Waals surface area contributed by atoms with Gasteiger partial charge in [0.05, 0.1) is 10.5 Å². The van der Waals surface area contributed by atoms with Gasteiger partial charge >= 0.3 is 0 Å². The molecule has 21 heavy (non-hydrogen) atoms. The summed E-state index contributed by atoms with van der Waals surface area (Å²) in [6.45, 7) is 1.22. The maximum atomic E-state index is 13.1. The highest BCUT2D eigenvalue weighted by Crippen LogP contribution is 2.29. The van der Waals surface area contributed by atoms with Crippen molar-refractivity contribution in [3.8, 4) is 11.5 Å². The monoisotopic (exact) mass is 293 g/mol. The third kappa shape index (κ3) is 3.19. The van der Waals surface area contributed by atoms with Gasteiger partial charge in [0.15, 0.2) is 17.4 Å². The molecular weight excluding hydrogens is 284 g/mol. The van der Waals surface area contributed by atoms with Gasteiger partial charge in [0.25, 0.3) is 5.69 Å². The highest BCUT2D eigenvalue weighted by atomic mass is 19.2. The van der Waals surface area contributed by atoms with Gasteiger partial charge in [-0.2, -0.15) is 0 Å². The van der Waals surface area contributed by atoms with E-state index in [9.17, 15) is 23.7 Å². The summed E-state index contributed by atoms with van der Waals surface area (Å²) in [5.74, 6) is -2.57. The van der Waals surface area contributed by atoms with Gasteiger partial charge in [0, 0.05) is 18.2 Å². The largest absolute Gasteiger partial charge is 0.456 e. The van der Waals surface area contributed by atoms with E-state index < -0.39 is 22.3 Å². The fourth-order valence-corrected chi connectivity index (χ4v) is 1.66. The van der Waals surface area contributed by atoms with Gasteiger partial charge in [-0.25, -0.2) is 8.78 Å². The van der Waals surface area contributed by atoms with Gasteiger partial charge in [-0.15, -0.1) is 0 Å². The van der Waals surface area contributed by atoms with Crippen molar-refractivity contribution in [2.45, 2.75) is 6.92 Å². The van der Waals surface area contributed by atoms with Crippen LogP contribution in [0, 0.1) is 21.7 Å². The van der Waals surface area contributed by atoms with Crippen LogP contribution in [0.4, 0.5) is 14.5 Å². The van der Waals surface area contributed by atoms with E-state index in [1.54, 1.807) is 0 Å². The third-order valence-corrected chi connectivity index (χ3v) is 2.67. The molecule has 108 valence electrons. The van der Waals surface area contributed by atoms with Crippen LogP contribution < -0.4 is 4.74 Å². The number of nitro groups is 1. The molecule has 0 bridgehead atoms. The quantitative estimate of drug-likeness (QED) is 0.487. The Morgan fingerprint density at radius 2 is 1.86 bits per heavy atom. The number of nitrogens with zero attached hydrogens (tertiary/aromatic N) is 1. The van der Waals surface area contributed by atoms with E-state index in [1.165, 1.54) is 19.1 Å². The van der Waals surface area contributed by atoms with Gasteiger partial charge in [-0.3, -0.25) is 14.9 Å². The topological polar surface area (TPSA) is 69.4 Å². The van der Waals surface area contributed by atoms with Gasteiger partial charge in [-0.1, -0.05) is 0 Å². The molecule has 0 amide bonds. The summed E-state index contributed by atoms with van der Waals surface area (Å²) < 4.78 is 31.2. The number of Topliss-reactive ketones (excluding diaryl/α,β-unsaturated/α-hetero) is 1. The van der Waals surface area contributed by atoms with Crippen molar-refractivity contribution >= 4 is 11.5 Å². The first kappa shape index (κ1) is 14.6. The Balaban J connectivity index is 2.41. The predicted octanol–water partition coefficient (Wildman–Crippen LogP) is 3.87. The summed E-state index contributed by atoms with van der Waals surface area (Å²) >= 11 is 0. The summed E-state index contributed by atoms with van der Waals surface area (Å²) in [5.41, 5.74) is -0.285. The van der Waals surface area contributed by atoms with Crippen molar-refractivity contribution < 1.29 is 23.2 Å². The molecule has 0 aliphatic carbocycles. The molecule has 5 nitrogen and oxygen atoms in total. The number of hydrogen-bond donors (Lipinski definition) is 0. The van der Waals surface area contributed by atoms with E-state index in [2.05, 4.69) is 0 Å². The lowest BCUT2D eigenvalue weighted by Gasteiger charge is -2.09. The van der Waals surface area contributed by atoms with E-state index in [0.717, 1.165) is 24.3 Å². The Labute approximate surface area is 117 Å². The Morgan fingerprint density at radius 3 is 2.43 bits per heavy atom. The van der Waals surface area contributed by atoms with Crippen LogP contribution in [0.5, 0.6) is 11.5 Å². The number of nitro benzene ring substituents is 1. The van der Waals surface area contributed by atoms with Gasteiger partial charge in [0.1, 0.15) is 11.5 Å². The second-order valence-corrected chi connectivity index (χ2v) is 4.17. The molecule has 0 N–H and O–H groups in total. The predicted molar refractivity (Wildman–Crippen MR) is 69.5 cm³/mol. The van der Waals surface area contributed by atoms with E-state index in [1.807, 2.05) is 0 Å². The van der Waals surface area contributed by atoms with Crippen molar-refractivity contribution in [1.29, 1.82) is 0 Å². The normalized spacial score (nSPS) is 10.2. The molecule has 0 aliphatic rings. The van der Waals surface area contributed by atoms with E-state index in [-0.39, 0.29) is 22.7 Å². The average Bonchev–Trinajstić information content (AvgIpc) is 2.43. The second kappa shape index (κ2) is 5.66. The molecule has 0 fully saturated rings. The molecule has 2 aromatic carbocycles. The second-order valence-electron chi connectivity index (χ2n) is 4.17. The molecule has 0 aliphatic heterocycles. The van der Waals surface area contributed by atoms with Crippen molar-refractivity contribution in [2.24, 2.45) is 0 Å². The van der Waals surface area contributed by atoms with Crippen molar-refractivity contribution in [3.63, 3.8) is 0 Å². The lowest BCUT2D eigenvalue weighted by Crippen LogP contribution is -1.99. The first-order valence-electron chi connectivity index (χ1n) is 5.81. The van der Waals surface area contributed by atoms with Gasteiger partial charge < -0.3 is 4.74 Å². The lowest BCUT2D eigenvalue weighted by atomic mass is 10.1. The molecule has 0 saturated heterocycles. The summed E-state index contributed by atoms with van der Waals surface area (Å²) in [6.07, 6.45) is 0. The standard InChI is InChI=1S/C14H9F2NO4/c1-8(18)11-6-9(17(19)20)2-5-14(11)21-10-3-4-12(15)13(16)7-10/h2-7H,1H3. The maximum Gasteiger partial charge on any atom is 0.270 e. The van der Waals surface area contributed by atoms with E-state index >= 15 is 0 Å². The third-order valence-electron chi connectivity index (χ3n) is 2.67. The molecule has 0 unspecified atom stereocenters. The lowest BCUT2D eigenvalue weighted by molar-refractivity contribution is -0.384. The average molecular weight is 293 g/mol. The molecule has 2 aromatic rings. The molecule has 0 spiro atoms. The molecule has 2 rings (SSSR count). The first-order valence-corrected chi connectivity index (χ1v) is 5.81. The number of ketones is 1. The number of ether oxygens (including phenoxy) is 1. The molecule has 0 atom stereocenters.